The van der Waals surface area contributed by atoms with E-state index in [1.54, 1.807) is 7.11 Å². The van der Waals surface area contributed by atoms with E-state index in [4.69, 9.17) is 9.47 Å². The maximum Gasteiger partial charge on any atom is 0.416 e. The number of nitrogens with zero attached hydrogens (tertiary/aromatic N) is 1. The highest BCUT2D eigenvalue weighted by molar-refractivity contribution is 5.93. The Morgan fingerprint density at radius 1 is 1.48 bits per heavy atom. The van der Waals surface area contributed by atoms with Gasteiger partial charge in [-0.05, 0) is 30.0 Å². The quantitative estimate of drug-likeness (QED) is 0.837. The summed E-state index contributed by atoms with van der Waals surface area (Å²) in [5.41, 5.74) is 1.01. The predicted molar refractivity (Wildman–Crippen MR) is 78.1 cm³/mol. The van der Waals surface area contributed by atoms with E-state index in [1.165, 1.54) is 4.90 Å². The Morgan fingerprint density at radius 2 is 2.24 bits per heavy atom. The second kappa shape index (κ2) is 6.61. The van der Waals surface area contributed by atoms with Crippen molar-refractivity contribution in [1.29, 1.82) is 0 Å². The van der Waals surface area contributed by atoms with E-state index in [2.05, 4.69) is 0 Å². The summed E-state index contributed by atoms with van der Waals surface area (Å²) in [6.07, 6.45) is 0.334. The van der Waals surface area contributed by atoms with Gasteiger partial charge in [0.05, 0.1) is 13.2 Å². The number of hydrogen-bond acceptors (Lipinski definition) is 4. The van der Waals surface area contributed by atoms with Crippen LogP contribution in [0, 0.1) is 5.92 Å². The van der Waals surface area contributed by atoms with Crippen LogP contribution in [-0.4, -0.2) is 36.7 Å². The Kier molecular flexibility index (Phi) is 4.83. The van der Waals surface area contributed by atoms with E-state index in [9.17, 15) is 9.59 Å². The second-order valence-electron chi connectivity index (χ2n) is 5.50. The third-order valence-corrected chi connectivity index (χ3v) is 3.71. The van der Waals surface area contributed by atoms with E-state index in [0.717, 1.165) is 11.3 Å². The summed E-state index contributed by atoms with van der Waals surface area (Å²) in [4.78, 5) is 25.3. The van der Waals surface area contributed by atoms with Crippen LogP contribution in [0.3, 0.4) is 0 Å². The molecule has 0 aromatic heterocycles. The van der Waals surface area contributed by atoms with Crippen molar-refractivity contribution >= 4 is 12.0 Å². The van der Waals surface area contributed by atoms with Crippen LogP contribution >= 0.6 is 0 Å². The summed E-state index contributed by atoms with van der Waals surface area (Å²) in [5.74, 6) is 0.775. The molecule has 0 unspecified atom stereocenters. The molecule has 0 spiro atoms. The molecule has 1 aliphatic heterocycles. The van der Waals surface area contributed by atoms with Crippen LogP contribution < -0.4 is 4.74 Å². The molecule has 0 N–H and O–H groups in total. The van der Waals surface area contributed by atoms with Crippen molar-refractivity contribution in [3.63, 3.8) is 0 Å². The van der Waals surface area contributed by atoms with Gasteiger partial charge in [0.2, 0.25) is 5.91 Å². The van der Waals surface area contributed by atoms with Gasteiger partial charge in [-0.1, -0.05) is 26.0 Å². The molecule has 1 atom stereocenters. The highest BCUT2D eigenvalue weighted by Crippen LogP contribution is 2.21. The lowest BCUT2D eigenvalue weighted by atomic mass is 10.0. The minimum atomic E-state index is -0.524. The molecule has 0 saturated carbocycles. The van der Waals surface area contributed by atoms with Crippen LogP contribution in [0.15, 0.2) is 24.3 Å². The molecule has 5 heteroatoms. The standard InChI is InChI=1S/C16H21NO4/c1-11(2)14-10-21-16(19)17(14)15(18)8-7-12-5-4-6-13(9-12)20-3/h4-6,9,11,14H,7-8,10H2,1-3H3/t14-/m1/s1. The zero-order chi connectivity index (χ0) is 15.4. The van der Waals surface area contributed by atoms with Crippen molar-refractivity contribution in [2.45, 2.75) is 32.7 Å². The van der Waals surface area contributed by atoms with Gasteiger partial charge < -0.3 is 9.47 Å². The molecular formula is C16H21NO4. The molecule has 2 amide bonds. The number of carbonyl (C=O) groups is 2. The number of ether oxygens (including phenoxy) is 2. The van der Waals surface area contributed by atoms with Crippen molar-refractivity contribution in [1.82, 2.24) is 4.90 Å². The van der Waals surface area contributed by atoms with Gasteiger partial charge in [0, 0.05) is 6.42 Å². The second-order valence-corrected chi connectivity index (χ2v) is 5.50. The molecule has 1 aromatic carbocycles. The summed E-state index contributed by atoms with van der Waals surface area (Å²) in [5, 5.41) is 0. The first-order valence-corrected chi connectivity index (χ1v) is 7.14. The lowest BCUT2D eigenvalue weighted by molar-refractivity contribution is -0.129. The Hall–Kier alpha value is -2.04. The Labute approximate surface area is 124 Å². The molecule has 1 fully saturated rings. The number of methoxy groups -OCH3 is 1. The smallest absolute Gasteiger partial charge is 0.416 e. The highest BCUT2D eigenvalue weighted by Gasteiger charge is 2.38. The molecule has 0 aliphatic carbocycles. The van der Waals surface area contributed by atoms with Crippen molar-refractivity contribution in [2.75, 3.05) is 13.7 Å². The molecule has 0 radical (unpaired) electrons. The van der Waals surface area contributed by atoms with Crippen LogP contribution in [0.1, 0.15) is 25.8 Å². The summed E-state index contributed by atoms with van der Waals surface area (Å²) in [7, 11) is 1.61. The van der Waals surface area contributed by atoms with Gasteiger partial charge in [0.25, 0.3) is 0 Å². The van der Waals surface area contributed by atoms with Gasteiger partial charge in [0.1, 0.15) is 12.4 Å². The summed E-state index contributed by atoms with van der Waals surface area (Å²) in [6.45, 7) is 4.26. The molecule has 2 rings (SSSR count). The summed E-state index contributed by atoms with van der Waals surface area (Å²) >= 11 is 0. The number of carbonyl (C=O) groups excluding carboxylic acids is 2. The minimum Gasteiger partial charge on any atom is -0.497 e. The van der Waals surface area contributed by atoms with E-state index >= 15 is 0 Å². The first-order chi connectivity index (χ1) is 10.0. The van der Waals surface area contributed by atoms with Crippen molar-refractivity contribution < 1.29 is 19.1 Å². The lowest BCUT2D eigenvalue weighted by Gasteiger charge is -2.22. The van der Waals surface area contributed by atoms with Gasteiger partial charge in [0.15, 0.2) is 0 Å². The van der Waals surface area contributed by atoms with E-state index < -0.39 is 6.09 Å². The number of benzene rings is 1. The summed E-state index contributed by atoms with van der Waals surface area (Å²) < 4.78 is 10.2. The largest absolute Gasteiger partial charge is 0.497 e. The van der Waals surface area contributed by atoms with E-state index in [0.29, 0.717) is 13.0 Å². The van der Waals surface area contributed by atoms with Gasteiger partial charge in [-0.15, -0.1) is 0 Å². The average Bonchev–Trinajstić information content (AvgIpc) is 2.87. The Balaban J connectivity index is 1.99. The van der Waals surface area contributed by atoms with E-state index in [-0.39, 0.29) is 24.3 Å². The Bertz CT molecular complexity index is 527. The molecule has 1 saturated heterocycles. The average molecular weight is 291 g/mol. The molecule has 5 nitrogen and oxygen atoms in total. The zero-order valence-corrected chi connectivity index (χ0v) is 12.7. The van der Waals surface area contributed by atoms with Crippen molar-refractivity contribution in [3.8, 4) is 5.75 Å². The molecule has 21 heavy (non-hydrogen) atoms. The van der Waals surface area contributed by atoms with Gasteiger partial charge >= 0.3 is 6.09 Å². The zero-order valence-electron chi connectivity index (χ0n) is 12.7. The lowest BCUT2D eigenvalue weighted by Crippen LogP contribution is -2.41. The first-order valence-electron chi connectivity index (χ1n) is 7.14. The fourth-order valence-electron chi connectivity index (χ4n) is 2.41. The molecule has 0 bridgehead atoms. The monoisotopic (exact) mass is 291 g/mol. The van der Waals surface area contributed by atoms with E-state index in [1.807, 2.05) is 38.1 Å². The van der Waals surface area contributed by atoms with Gasteiger partial charge in [-0.2, -0.15) is 0 Å². The maximum absolute atomic E-state index is 12.3. The third-order valence-electron chi connectivity index (χ3n) is 3.71. The number of amides is 2. The predicted octanol–water partition coefficient (Wildman–Crippen LogP) is 2.63. The molecule has 114 valence electrons. The number of rotatable bonds is 5. The first kappa shape index (κ1) is 15.4. The summed E-state index contributed by atoms with van der Waals surface area (Å²) in [6, 6.07) is 7.43. The number of aryl methyl sites for hydroxylation is 1. The van der Waals surface area contributed by atoms with Crippen LogP contribution in [0.4, 0.5) is 4.79 Å². The van der Waals surface area contributed by atoms with Crippen molar-refractivity contribution in [3.05, 3.63) is 29.8 Å². The normalized spacial score (nSPS) is 18.0. The SMILES string of the molecule is COc1cccc(CCC(=O)N2C(=O)OC[C@@H]2C(C)C)c1. The number of imide groups is 1. The van der Waals surface area contributed by atoms with Crippen molar-refractivity contribution in [2.24, 2.45) is 5.92 Å². The third kappa shape index (κ3) is 3.54. The number of hydrogen-bond donors (Lipinski definition) is 0. The molecule has 1 heterocycles. The molecule has 1 aromatic rings. The minimum absolute atomic E-state index is 0.157. The van der Waals surface area contributed by atoms with Crippen LogP contribution in [0.2, 0.25) is 0 Å². The van der Waals surface area contributed by atoms with Crippen LogP contribution in [0.5, 0.6) is 5.75 Å². The Morgan fingerprint density at radius 3 is 2.90 bits per heavy atom. The van der Waals surface area contributed by atoms with Gasteiger partial charge in [-0.3, -0.25) is 4.79 Å². The fourth-order valence-corrected chi connectivity index (χ4v) is 2.41. The van der Waals surface area contributed by atoms with Crippen LogP contribution in [-0.2, 0) is 16.0 Å². The molecule has 1 aliphatic rings. The molecular weight excluding hydrogens is 270 g/mol. The fraction of sp³-hybridized carbons (Fsp3) is 0.500. The highest BCUT2D eigenvalue weighted by atomic mass is 16.6. The van der Waals surface area contributed by atoms with Crippen LogP contribution in [0.25, 0.3) is 0 Å². The van der Waals surface area contributed by atoms with Gasteiger partial charge in [-0.25, -0.2) is 9.69 Å². The topological polar surface area (TPSA) is 55.8 Å². The maximum atomic E-state index is 12.3. The number of cyclic esters (lactones) is 1.